The van der Waals surface area contributed by atoms with E-state index >= 15 is 0 Å². The first-order valence-corrected chi connectivity index (χ1v) is 7.89. The highest BCUT2D eigenvalue weighted by atomic mass is 16.2. The maximum Gasteiger partial charge on any atom is 0.246 e. The molecule has 0 aromatic carbocycles. The van der Waals surface area contributed by atoms with Crippen molar-refractivity contribution >= 4 is 11.8 Å². The van der Waals surface area contributed by atoms with E-state index in [2.05, 4.69) is 33.0 Å². The first-order chi connectivity index (χ1) is 9.26. The predicted octanol–water partition coefficient (Wildman–Crippen LogP) is 2.18. The Hall–Kier alpha value is -1.06. The van der Waals surface area contributed by atoms with Crippen molar-refractivity contribution < 1.29 is 9.59 Å². The second-order valence-corrected chi connectivity index (χ2v) is 7.42. The minimum Gasteiger partial charge on any atom is -0.342 e. The number of hydrogen-bond donors (Lipinski definition) is 1. The normalized spacial score (nSPS) is 31.1. The number of carbonyl (C=O) groups is 2. The summed E-state index contributed by atoms with van der Waals surface area (Å²) in [6, 6.07) is -0.340. The molecule has 1 aliphatic carbocycles. The van der Waals surface area contributed by atoms with Crippen molar-refractivity contribution in [2.45, 2.75) is 65.5 Å². The Morgan fingerprint density at radius 1 is 1.20 bits per heavy atom. The molecule has 2 fully saturated rings. The van der Waals surface area contributed by atoms with Crippen LogP contribution in [0, 0.1) is 17.8 Å². The van der Waals surface area contributed by atoms with E-state index < -0.39 is 5.54 Å². The third kappa shape index (κ3) is 2.70. The summed E-state index contributed by atoms with van der Waals surface area (Å²) >= 11 is 0. The Morgan fingerprint density at radius 3 is 2.25 bits per heavy atom. The molecule has 0 bridgehead atoms. The van der Waals surface area contributed by atoms with E-state index in [0.29, 0.717) is 24.3 Å². The molecule has 1 N–H and O–H groups in total. The minimum atomic E-state index is -0.630. The molecule has 1 aliphatic heterocycles. The van der Waals surface area contributed by atoms with Gasteiger partial charge in [-0.2, -0.15) is 0 Å². The van der Waals surface area contributed by atoms with Crippen molar-refractivity contribution in [1.29, 1.82) is 0 Å². The maximum atomic E-state index is 12.8. The lowest BCUT2D eigenvalue weighted by Gasteiger charge is -2.47. The number of amides is 2. The summed E-state index contributed by atoms with van der Waals surface area (Å²) in [5, 5.41) is 2.98. The topological polar surface area (TPSA) is 49.4 Å². The third-order valence-electron chi connectivity index (χ3n) is 4.52. The quantitative estimate of drug-likeness (QED) is 0.839. The molecule has 2 atom stereocenters. The standard InChI is InChI=1S/C16H28N2O2/c1-10(2)8-13-14(19)18(9-11(3)4)16(5,12-6-7-12)15(20)17-13/h10-13H,6-9H2,1-5H3,(H,17,20). The van der Waals surface area contributed by atoms with Gasteiger partial charge in [-0.05, 0) is 43.9 Å². The van der Waals surface area contributed by atoms with Gasteiger partial charge in [0.2, 0.25) is 11.8 Å². The molecule has 2 aliphatic rings. The van der Waals surface area contributed by atoms with Crippen LogP contribution in [0.25, 0.3) is 0 Å². The first kappa shape index (κ1) is 15.3. The number of carbonyl (C=O) groups excluding carboxylic acids is 2. The predicted molar refractivity (Wildman–Crippen MR) is 79.1 cm³/mol. The summed E-state index contributed by atoms with van der Waals surface area (Å²) in [6.45, 7) is 11.0. The Labute approximate surface area is 122 Å². The molecule has 20 heavy (non-hydrogen) atoms. The second-order valence-electron chi connectivity index (χ2n) is 7.42. The van der Waals surface area contributed by atoms with Gasteiger partial charge >= 0.3 is 0 Å². The Kier molecular flexibility index (Phi) is 4.12. The maximum absolute atomic E-state index is 12.8. The molecule has 1 saturated heterocycles. The molecule has 0 spiro atoms. The highest BCUT2D eigenvalue weighted by molar-refractivity contribution is 6.00. The molecular formula is C16H28N2O2. The van der Waals surface area contributed by atoms with Gasteiger partial charge in [0.25, 0.3) is 0 Å². The van der Waals surface area contributed by atoms with Crippen LogP contribution in [0.1, 0.15) is 53.9 Å². The molecule has 2 amide bonds. The van der Waals surface area contributed by atoms with Crippen LogP contribution in [0.3, 0.4) is 0 Å². The van der Waals surface area contributed by atoms with E-state index in [1.54, 1.807) is 0 Å². The second kappa shape index (κ2) is 5.38. The van der Waals surface area contributed by atoms with Gasteiger partial charge in [-0.25, -0.2) is 0 Å². The van der Waals surface area contributed by atoms with Gasteiger partial charge in [0.05, 0.1) is 0 Å². The zero-order valence-corrected chi connectivity index (χ0v) is 13.4. The van der Waals surface area contributed by atoms with Gasteiger partial charge in [-0.1, -0.05) is 27.7 Å². The Morgan fingerprint density at radius 2 is 1.80 bits per heavy atom. The van der Waals surface area contributed by atoms with Crippen LogP contribution in [0.5, 0.6) is 0 Å². The molecule has 0 aromatic rings. The number of hydrogen-bond acceptors (Lipinski definition) is 2. The van der Waals surface area contributed by atoms with Gasteiger partial charge in [-0.3, -0.25) is 9.59 Å². The Balaban J connectivity index is 2.26. The van der Waals surface area contributed by atoms with Gasteiger partial charge in [0.15, 0.2) is 0 Å². The molecule has 0 radical (unpaired) electrons. The van der Waals surface area contributed by atoms with Crippen molar-refractivity contribution in [1.82, 2.24) is 10.2 Å². The zero-order valence-electron chi connectivity index (χ0n) is 13.4. The lowest BCUT2D eigenvalue weighted by atomic mass is 9.86. The zero-order chi connectivity index (χ0) is 15.1. The number of nitrogens with one attached hydrogen (secondary N) is 1. The van der Waals surface area contributed by atoms with Crippen LogP contribution in [0.2, 0.25) is 0 Å². The molecule has 114 valence electrons. The molecular weight excluding hydrogens is 252 g/mol. The smallest absolute Gasteiger partial charge is 0.246 e. The summed E-state index contributed by atoms with van der Waals surface area (Å²) in [5.41, 5.74) is -0.630. The molecule has 4 heteroatoms. The lowest BCUT2D eigenvalue weighted by Crippen LogP contribution is -2.71. The van der Waals surface area contributed by atoms with Crippen molar-refractivity contribution in [3.63, 3.8) is 0 Å². The van der Waals surface area contributed by atoms with Crippen LogP contribution in [0.4, 0.5) is 0 Å². The summed E-state index contributed by atoms with van der Waals surface area (Å²) in [4.78, 5) is 27.3. The van der Waals surface area contributed by atoms with E-state index in [4.69, 9.17) is 0 Å². The largest absolute Gasteiger partial charge is 0.342 e. The fourth-order valence-corrected chi connectivity index (χ4v) is 3.23. The fraction of sp³-hybridized carbons (Fsp3) is 0.875. The fourth-order valence-electron chi connectivity index (χ4n) is 3.23. The number of nitrogens with zero attached hydrogens (tertiary/aromatic N) is 1. The lowest BCUT2D eigenvalue weighted by molar-refractivity contribution is -0.159. The first-order valence-electron chi connectivity index (χ1n) is 7.89. The number of rotatable bonds is 5. The van der Waals surface area contributed by atoms with Gasteiger partial charge < -0.3 is 10.2 Å². The molecule has 2 unspecified atom stereocenters. The van der Waals surface area contributed by atoms with E-state index in [-0.39, 0.29) is 17.9 Å². The highest BCUT2D eigenvalue weighted by Crippen LogP contribution is 2.45. The Bertz CT molecular complexity index is 401. The van der Waals surface area contributed by atoms with Crippen LogP contribution in [-0.2, 0) is 9.59 Å². The van der Waals surface area contributed by atoms with Crippen LogP contribution >= 0.6 is 0 Å². The highest BCUT2D eigenvalue weighted by Gasteiger charge is 2.56. The average Bonchev–Trinajstić information content (AvgIpc) is 3.15. The average molecular weight is 280 g/mol. The molecule has 0 aromatic heterocycles. The third-order valence-corrected chi connectivity index (χ3v) is 4.52. The number of piperazine rings is 1. The summed E-state index contributed by atoms with van der Waals surface area (Å²) in [6.07, 6.45) is 2.83. The van der Waals surface area contributed by atoms with Gasteiger partial charge in [0.1, 0.15) is 11.6 Å². The SMILES string of the molecule is CC(C)CC1NC(=O)C(C)(C2CC2)N(CC(C)C)C1=O. The van der Waals surface area contributed by atoms with Gasteiger partial charge in [-0.15, -0.1) is 0 Å². The van der Waals surface area contributed by atoms with Crippen LogP contribution in [0.15, 0.2) is 0 Å². The molecule has 4 nitrogen and oxygen atoms in total. The summed E-state index contributed by atoms with van der Waals surface area (Å²) < 4.78 is 0. The van der Waals surface area contributed by atoms with Crippen molar-refractivity contribution in [2.75, 3.05) is 6.54 Å². The van der Waals surface area contributed by atoms with Crippen LogP contribution < -0.4 is 5.32 Å². The molecule has 1 saturated carbocycles. The van der Waals surface area contributed by atoms with E-state index in [1.807, 2.05) is 11.8 Å². The summed E-state index contributed by atoms with van der Waals surface area (Å²) in [5.74, 6) is 1.27. The molecule has 2 rings (SSSR count). The van der Waals surface area contributed by atoms with Crippen molar-refractivity contribution in [2.24, 2.45) is 17.8 Å². The minimum absolute atomic E-state index is 0.0471. The molecule has 1 heterocycles. The van der Waals surface area contributed by atoms with Crippen molar-refractivity contribution in [3.8, 4) is 0 Å². The van der Waals surface area contributed by atoms with Crippen LogP contribution in [-0.4, -0.2) is 34.8 Å². The van der Waals surface area contributed by atoms with Gasteiger partial charge in [0, 0.05) is 6.54 Å². The van der Waals surface area contributed by atoms with E-state index in [1.165, 1.54) is 0 Å². The van der Waals surface area contributed by atoms with E-state index in [9.17, 15) is 9.59 Å². The summed E-state index contributed by atoms with van der Waals surface area (Å²) in [7, 11) is 0. The van der Waals surface area contributed by atoms with E-state index in [0.717, 1.165) is 19.3 Å². The van der Waals surface area contributed by atoms with Crippen molar-refractivity contribution in [3.05, 3.63) is 0 Å². The monoisotopic (exact) mass is 280 g/mol.